The summed E-state index contributed by atoms with van der Waals surface area (Å²) in [6, 6.07) is 20.6. The SMILES string of the molecule is COC(=O)NC(C(=O)N1CC(C)CC1c1ncc(-c2ccc(-c3ccc(-c4ccc(-c5cnc(C6CC(C)CN6C(=O)C(NC(=O)OC)C(C)C)[nH]5)cc4)c4c3C3CC(C)CC4N3)cc2)[nH]1)C(C)C. The molecule has 6 heterocycles. The monoisotopic (exact) mass is 938 g/mol. The Morgan fingerprint density at radius 1 is 0.565 bits per heavy atom. The Labute approximate surface area is 404 Å². The van der Waals surface area contributed by atoms with Gasteiger partial charge in [-0.25, -0.2) is 19.6 Å². The van der Waals surface area contributed by atoms with Crippen LogP contribution in [0.25, 0.3) is 44.8 Å². The number of methoxy groups -OCH3 is 2. The number of aromatic nitrogens is 4. The molecule has 15 heteroatoms. The highest BCUT2D eigenvalue weighted by molar-refractivity contribution is 5.87. The van der Waals surface area contributed by atoms with Gasteiger partial charge in [-0.3, -0.25) is 9.59 Å². The van der Waals surface area contributed by atoms with Crippen molar-refractivity contribution in [2.24, 2.45) is 29.6 Å². The predicted octanol–water partition coefficient (Wildman–Crippen LogP) is 9.50. The molecule has 2 aromatic heterocycles. The third-order valence-electron chi connectivity index (χ3n) is 14.9. The van der Waals surface area contributed by atoms with Gasteiger partial charge >= 0.3 is 12.2 Å². The number of ether oxygens (including phenoxy) is 2. The van der Waals surface area contributed by atoms with E-state index in [2.05, 4.69) is 107 Å². The molecule has 0 spiro atoms. The van der Waals surface area contributed by atoms with E-state index in [1.807, 2.05) is 49.9 Å². The fourth-order valence-corrected chi connectivity index (χ4v) is 11.4. The van der Waals surface area contributed by atoms with Crippen LogP contribution in [0.15, 0.2) is 73.1 Å². The summed E-state index contributed by atoms with van der Waals surface area (Å²) in [6.45, 7) is 15.5. The lowest BCUT2D eigenvalue weighted by atomic mass is 9.86. The minimum absolute atomic E-state index is 0.116. The first kappa shape index (κ1) is 47.6. The van der Waals surface area contributed by atoms with Gasteiger partial charge in [0.1, 0.15) is 23.7 Å². The Morgan fingerprint density at radius 2 is 0.942 bits per heavy atom. The van der Waals surface area contributed by atoms with Crippen LogP contribution in [0.5, 0.6) is 0 Å². The first-order chi connectivity index (χ1) is 33.1. The third kappa shape index (κ3) is 9.37. The fourth-order valence-electron chi connectivity index (χ4n) is 11.4. The highest BCUT2D eigenvalue weighted by Gasteiger charge is 2.43. The molecule has 3 saturated heterocycles. The van der Waals surface area contributed by atoms with E-state index in [1.54, 1.807) is 0 Å². The van der Waals surface area contributed by atoms with Crippen molar-refractivity contribution >= 4 is 24.0 Å². The Balaban J connectivity index is 0.942. The van der Waals surface area contributed by atoms with Crippen molar-refractivity contribution in [3.8, 4) is 44.8 Å². The molecule has 0 radical (unpaired) electrons. The molecule has 0 saturated carbocycles. The van der Waals surface area contributed by atoms with Crippen LogP contribution in [-0.4, -0.2) is 93.1 Å². The number of H-pyrrole nitrogens is 2. The van der Waals surface area contributed by atoms with Crippen molar-refractivity contribution in [1.29, 1.82) is 0 Å². The van der Waals surface area contributed by atoms with E-state index in [1.165, 1.54) is 36.5 Å². The molecule has 4 aliphatic rings. The predicted molar refractivity (Wildman–Crippen MR) is 264 cm³/mol. The lowest BCUT2D eigenvalue weighted by Gasteiger charge is -2.30. The van der Waals surface area contributed by atoms with Crippen LogP contribution in [-0.2, 0) is 19.1 Å². The second-order valence-corrected chi connectivity index (χ2v) is 20.8. The number of fused-ring (bicyclic) bond motifs is 5. The zero-order valence-electron chi connectivity index (χ0n) is 41.3. The zero-order chi connectivity index (χ0) is 48.8. The van der Waals surface area contributed by atoms with Gasteiger partial charge < -0.3 is 45.2 Å². The van der Waals surface area contributed by atoms with Gasteiger partial charge in [0.15, 0.2) is 0 Å². The van der Waals surface area contributed by atoms with E-state index < -0.39 is 24.3 Å². The summed E-state index contributed by atoms with van der Waals surface area (Å²) in [4.78, 5) is 72.4. The van der Waals surface area contributed by atoms with Crippen molar-refractivity contribution in [3.63, 3.8) is 0 Å². The molecule has 8 atom stereocenters. The first-order valence-corrected chi connectivity index (χ1v) is 24.7. The van der Waals surface area contributed by atoms with Gasteiger partial charge in [-0.2, -0.15) is 0 Å². The number of benzene rings is 3. The van der Waals surface area contributed by atoms with Gasteiger partial charge in [-0.1, -0.05) is 109 Å². The molecule has 5 N–H and O–H groups in total. The minimum atomic E-state index is -0.702. The van der Waals surface area contributed by atoms with Gasteiger partial charge in [0.2, 0.25) is 11.8 Å². The van der Waals surface area contributed by atoms with Crippen LogP contribution in [0, 0.1) is 29.6 Å². The maximum Gasteiger partial charge on any atom is 0.407 e. The van der Waals surface area contributed by atoms with Crippen LogP contribution in [0.4, 0.5) is 9.59 Å². The molecule has 9 rings (SSSR count). The average molecular weight is 938 g/mol. The largest absolute Gasteiger partial charge is 0.453 e. The summed E-state index contributed by atoms with van der Waals surface area (Å²) in [5, 5.41) is 9.47. The van der Waals surface area contributed by atoms with Crippen molar-refractivity contribution < 1.29 is 28.7 Å². The van der Waals surface area contributed by atoms with E-state index in [0.29, 0.717) is 19.0 Å². The number of hydrogen-bond donors (Lipinski definition) is 5. The van der Waals surface area contributed by atoms with Crippen molar-refractivity contribution in [2.75, 3.05) is 27.3 Å². The summed E-state index contributed by atoms with van der Waals surface area (Å²) in [5.41, 5.74) is 11.3. The maximum absolute atomic E-state index is 13.9. The van der Waals surface area contributed by atoms with Gasteiger partial charge in [0.25, 0.3) is 0 Å². The van der Waals surface area contributed by atoms with Gasteiger partial charge in [-0.05, 0) is 99.8 Å². The third-order valence-corrected chi connectivity index (χ3v) is 14.9. The Hall–Kier alpha value is -6.48. The number of nitrogens with one attached hydrogen (secondary N) is 5. The second-order valence-electron chi connectivity index (χ2n) is 20.8. The summed E-state index contributed by atoms with van der Waals surface area (Å²) in [5.74, 6) is 2.12. The van der Waals surface area contributed by atoms with Crippen molar-refractivity contribution in [3.05, 3.63) is 95.8 Å². The average Bonchev–Trinajstić information content (AvgIpc) is 4.20. The number of imidazole rings is 2. The number of likely N-dealkylation sites (tertiary alicyclic amines) is 2. The van der Waals surface area contributed by atoms with Crippen LogP contribution in [0.1, 0.15) is 121 Å². The molecular weight excluding hydrogens is 871 g/mol. The number of aromatic amines is 2. The molecule has 364 valence electrons. The number of carbonyl (C=O) groups excluding carboxylic acids is 4. The summed E-state index contributed by atoms with van der Waals surface area (Å²) >= 11 is 0. The van der Waals surface area contributed by atoms with E-state index in [-0.39, 0.29) is 59.7 Å². The van der Waals surface area contributed by atoms with E-state index in [0.717, 1.165) is 71.0 Å². The first-order valence-electron chi connectivity index (χ1n) is 24.7. The van der Waals surface area contributed by atoms with Gasteiger partial charge in [0.05, 0.1) is 50.1 Å². The molecule has 3 aromatic carbocycles. The number of alkyl carbamates (subject to hydrolysis) is 2. The summed E-state index contributed by atoms with van der Waals surface area (Å²) < 4.78 is 9.65. The fraction of sp³-hybridized carbons (Fsp3) is 0.481. The van der Waals surface area contributed by atoms with Crippen molar-refractivity contribution in [1.82, 2.24) is 45.7 Å². The Kier molecular flexibility index (Phi) is 13.4. The van der Waals surface area contributed by atoms with Crippen molar-refractivity contribution in [2.45, 2.75) is 110 Å². The number of hydrogen-bond acceptors (Lipinski definition) is 9. The molecule has 2 bridgehead atoms. The van der Waals surface area contributed by atoms with Crippen LogP contribution in [0.2, 0.25) is 0 Å². The topological polar surface area (TPSA) is 187 Å². The molecule has 4 aliphatic heterocycles. The molecule has 5 aromatic rings. The summed E-state index contributed by atoms with van der Waals surface area (Å²) in [7, 11) is 2.61. The summed E-state index contributed by atoms with van der Waals surface area (Å²) in [6.07, 6.45) is 6.16. The normalized spacial score (nSPS) is 23.8. The lowest BCUT2D eigenvalue weighted by Crippen LogP contribution is -2.51. The van der Waals surface area contributed by atoms with Gasteiger partial charge in [0, 0.05) is 25.2 Å². The number of carbonyl (C=O) groups is 4. The van der Waals surface area contributed by atoms with E-state index in [4.69, 9.17) is 19.4 Å². The smallest absolute Gasteiger partial charge is 0.407 e. The Morgan fingerprint density at radius 3 is 1.30 bits per heavy atom. The molecule has 4 amide bonds. The molecule has 15 nitrogen and oxygen atoms in total. The molecular formula is C54H67N9O6. The van der Waals surface area contributed by atoms with E-state index in [9.17, 15) is 19.2 Å². The maximum atomic E-state index is 13.9. The number of rotatable bonds is 12. The zero-order valence-corrected chi connectivity index (χ0v) is 41.3. The lowest BCUT2D eigenvalue weighted by molar-refractivity contribution is -0.136. The number of nitrogens with zero attached hydrogens (tertiary/aromatic N) is 4. The standard InChI is InChI=1S/C54H67N9O6/c1-28(2)47(60-53(66)68-8)51(64)62-26-31(6)22-43(62)49-55-24-41(58-49)35-14-10-33(11-15-35)37-18-19-38(46-40-21-30(5)20-39(57-40)45(37)46)34-12-16-36(17-13-34)42-25-56-50(59-42)44-23-32(7)27-63(44)52(65)48(29(3)4)61-54(67)69-9/h10-19,24-25,28-32,39-40,43-44,47-48,57H,20-23,26-27H2,1-9H3,(H,55,58)(H,56,59)(H,60,66)(H,61,67). The quantitative estimate of drug-likeness (QED) is 0.0812. The van der Waals surface area contributed by atoms with Crippen LogP contribution < -0.4 is 16.0 Å². The molecule has 8 unspecified atom stereocenters. The highest BCUT2D eigenvalue weighted by atomic mass is 16.5. The minimum Gasteiger partial charge on any atom is -0.453 e. The highest BCUT2D eigenvalue weighted by Crippen LogP contribution is 2.52. The van der Waals surface area contributed by atoms with Crippen LogP contribution >= 0.6 is 0 Å². The molecule has 69 heavy (non-hydrogen) atoms. The molecule has 3 fully saturated rings. The molecule has 0 aliphatic carbocycles. The number of amides is 4. The number of piperidine rings is 1. The second kappa shape index (κ2) is 19.5. The van der Waals surface area contributed by atoms with Crippen LogP contribution in [0.3, 0.4) is 0 Å². The van der Waals surface area contributed by atoms with E-state index >= 15 is 0 Å². The van der Waals surface area contributed by atoms with Gasteiger partial charge in [-0.15, -0.1) is 0 Å². The Bertz CT molecular complexity index is 2510.